The highest BCUT2D eigenvalue weighted by atomic mass is 79.9. The van der Waals surface area contributed by atoms with Crippen molar-refractivity contribution in [1.82, 2.24) is 5.32 Å². The molecule has 1 heterocycles. The molecule has 1 amide bonds. The maximum absolute atomic E-state index is 13.1. The second kappa shape index (κ2) is 10.7. The van der Waals surface area contributed by atoms with E-state index in [1.165, 1.54) is 0 Å². The summed E-state index contributed by atoms with van der Waals surface area (Å²) in [6, 6.07) is 14.9. The molecule has 2 atom stereocenters. The van der Waals surface area contributed by atoms with Crippen molar-refractivity contribution in [3.63, 3.8) is 0 Å². The fourth-order valence-corrected chi connectivity index (χ4v) is 3.63. The van der Waals surface area contributed by atoms with Gasteiger partial charge in [-0.3, -0.25) is 4.79 Å². The number of rotatable bonds is 10. The minimum Gasteiger partial charge on any atom is -0.494 e. The van der Waals surface area contributed by atoms with Gasteiger partial charge in [0.05, 0.1) is 6.61 Å². The molecule has 0 aromatic heterocycles. The SMILES string of the molecule is C[C@H]1OC(c2ccc(OCCCO)cc2)=N[C@@]1(Cc1ccc(Br)cc1)C(=O)NCCF. The molecule has 8 heteroatoms. The van der Waals surface area contributed by atoms with E-state index < -0.39 is 18.3 Å². The molecule has 2 aromatic rings. The van der Waals surface area contributed by atoms with Crippen LogP contribution < -0.4 is 10.1 Å². The van der Waals surface area contributed by atoms with Crippen LogP contribution in [0.25, 0.3) is 0 Å². The van der Waals surface area contributed by atoms with E-state index in [2.05, 4.69) is 21.2 Å². The van der Waals surface area contributed by atoms with Crippen LogP contribution in [0.15, 0.2) is 58.0 Å². The zero-order valence-corrected chi connectivity index (χ0v) is 18.9. The molecule has 2 aromatic carbocycles. The van der Waals surface area contributed by atoms with E-state index in [0.717, 1.165) is 15.6 Å². The summed E-state index contributed by atoms with van der Waals surface area (Å²) < 4.78 is 25.2. The third kappa shape index (κ3) is 5.62. The summed E-state index contributed by atoms with van der Waals surface area (Å²) in [7, 11) is 0. The molecule has 0 saturated carbocycles. The lowest BCUT2D eigenvalue weighted by molar-refractivity contribution is -0.128. The first kappa shape index (κ1) is 23.2. The molecule has 6 nitrogen and oxygen atoms in total. The van der Waals surface area contributed by atoms with Gasteiger partial charge in [0.15, 0.2) is 5.54 Å². The number of aliphatic hydroxyl groups excluding tert-OH is 1. The van der Waals surface area contributed by atoms with Crippen LogP contribution in [-0.2, 0) is 16.0 Å². The first-order valence-corrected chi connectivity index (χ1v) is 11.0. The molecule has 0 saturated heterocycles. The molecule has 0 aliphatic carbocycles. The number of nitrogens with zero attached hydrogens (tertiary/aromatic N) is 1. The van der Waals surface area contributed by atoms with Gasteiger partial charge >= 0.3 is 0 Å². The van der Waals surface area contributed by atoms with Crippen molar-refractivity contribution in [1.29, 1.82) is 0 Å². The Morgan fingerprint density at radius 2 is 1.97 bits per heavy atom. The minimum atomic E-state index is -1.20. The molecule has 3 rings (SSSR count). The van der Waals surface area contributed by atoms with Crippen LogP contribution in [0.3, 0.4) is 0 Å². The lowest BCUT2D eigenvalue weighted by Gasteiger charge is -2.28. The summed E-state index contributed by atoms with van der Waals surface area (Å²) in [5, 5.41) is 11.5. The van der Waals surface area contributed by atoms with E-state index in [9.17, 15) is 9.18 Å². The Balaban J connectivity index is 1.87. The summed E-state index contributed by atoms with van der Waals surface area (Å²) >= 11 is 3.42. The Morgan fingerprint density at radius 1 is 1.26 bits per heavy atom. The summed E-state index contributed by atoms with van der Waals surface area (Å²) in [6.45, 7) is 1.58. The van der Waals surface area contributed by atoms with Gasteiger partial charge in [0.1, 0.15) is 18.5 Å². The van der Waals surface area contributed by atoms with Crippen molar-refractivity contribution in [3.05, 3.63) is 64.1 Å². The van der Waals surface area contributed by atoms with E-state index in [1.807, 2.05) is 36.4 Å². The number of ether oxygens (including phenoxy) is 2. The molecule has 0 fully saturated rings. The largest absolute Gasteiger partial charge is 0.494 e. The number of hydrogen-bond donors (Lipinski definition) is 2. The van der Waals surface area contributed by atoms with E-state index in [-0.39, 0.29) is 19.1 Å². The number of aliphatic hydroxyl groups is 1. The number of alkyl halides is 1. The van der Waals surface area contributed by atoms with E-state index in [0.29, 0.717) is 31.1 Å². The molecule has 0 bridgehead atoms. The summed E-state index contributed by atoms with van der Waals surface area (Å²) in [6.07, 6.45) is 0.346. The lowest BCUT2D eigenvalue weighted by atomic mass is 9.86. The lowest BCUT2D eigenvalue weighted by Crippen LogP contribution is -2.52. The third-order valence-corrected chi connectivity index (χ3v) is 5.62. The maximum Gasteiger partial charge on any atom is 0.252 e. The molecule has 31 heavy (non-hydrogen) atoms. The van der Waals surface area contributed by atoms with Crippen molar-refractivity contribution in [3.8, 4) is 5.75 Å². The Bertz CT molecular complexity index is 905. The van der Waals surface area contributed by atoms with Crippen LogP contribution in [-0.4, -0.2) is 55.0 Å². The number of benzene rings is 2. The Hall–Kier alpha value is -2.45. The second-order valence-corrected chi connectivity index (χ2v) is 8.22. The smallest absolute Gasteiger partial charge is 0.252 e. The molecule has 166 valence electrons. The van der Waals surface area contributed by atoms with Gasteiger partial charge in [-0.15, -0.1) is 0 Å². The highest BCUT2D eigenvalue weighted by Crippen LogP contribution is 2.33. The van der Waals surface area contributed by atoms with Gasteiger partial charge in [-0.1, -0.05) is 28.1 Å². The Morgan fingerprint density at radius 3 is 2.61 bits per heavy atom. The fourth-order valence-electron chi connectivity index (χ4n) is 3.37. The molecular formula is C23H26BrFN2O4. The van der Waals surface area contributed by atoms with Crippen molar-refractivity contribution in [2.75, 3.05) is 26.4 Å². The maximum atomic E-state index is 13.1. The van der Waals surface area contributed by atoms with Gasteiger partial charge in [-0.2, -0.15) is 0 Å². The number of carbonyl (C=O) groups excluding carboxylic acids is 1. The van der Waals surface area contributed by atoms with Crippen molar-refractivity contribution >= 4 is 27.7 Å². The summed E-state index contributed by atoms with van der Waals surface area (Å²) in [5.74, 6) is 0.673. The second-order valence-electron chi connectivity index (χ2n) is 7.30. The predicted octanol–water partition coefficient (Wildman–Crippen LogP) is 3.44. The number of nitrogens with one attached hydrogen (secondary N) is 1. The average Bonchev–Trinajstić information content (AvgIpc) is 3.11. The van der Waals surface area contributed by atoms with Crippen molar-refractivity contribution < 1.29 is 23.8 Å². The van der Waals surface area contributed by atoms with Gasteiger partial charge < -0.3 is 19.9 Å². The van der Waals surface area contributed by atoms with Crippen molar-refractivity contribution in [2.45, 2.75) is 31.4 Å². The minimum absolute atomic E-state index is 0.0711. The van der Waals surface area contributed by atoms with E-state index in [1.54, 1.807) is 19.1 Å². The average molecular weight is 493 g/mol. The number of halogens is 2. The van der Waals surface area contributed by atoms with Crippen molar-refractivity contribution in [2.24, 2.45) is 4.99 Å². The molecule has 1 aliphatic rings. The van der Waals surface area contributed by atoms with Gasteiger partial charge in [-0.25, -0.2) is 9.38 Å². The third-order valence-electron chi connectivity index (χ3n) is 5.09. The zero-order valence-electron chi connectivity index (χ0n) is 17.3. The Labute approximate surface area is 189 Å². The monoisotopic (exact) mass is 492 g/mol. The molecule has 0 unspecified atom stereocenters. The fraction of sp³-hybridized carbons (Fsp3) is 0.391. The van der Waals surface area contributed by atoms with Crippen LogP contribution in [0.5, 0.6) is 5.75 Å². The number of aliphatic imine (C=N–C) groups is 1. The number of amides is 1. The van der Waals surface area contributed by atoms with Crippen LogP contribution in [0.4, 0.5) is 4.39 Å². The molecule has 2 N–H and O–H groups in total. The normalized spacial score (nSPS) is 20.1. The predicted molar refractivity (Wildman–Crippen MR) is 120 cm³/mol. The van der Waals surface area contributed by atoms with Crippen LogP contribution in [0, 0.1) is 0 Å². The highest BCUT2D eigenvalue weighted by molar-refractivity contribution is 9.10. The standard InChI is InChI=1S/C23H26BrFN2O4/c1-16-23(22(29)26-12-11-25,15-17-3-7-19(24)8-4-17)27-21(31-16)18-5-9-20(10-6-18)30-14-2-13-28/h3-10,16,28H,2,11-15H2,1H3,(H,26,29)/t16-,23-/m1/s1. The molecular weight excluding hydrogens is 467 g/mol. The van der Waals surface area contributed by atoms with Gasteiger partial charge in [-0.05, 0) is 48.9 Å². The molecule has 1 aliphatic heterocycles. The quantitative estimate of drug-likeness (QED) is 0.497. The zero-order chi connectivity index (χ0) is 22.3. The van der Waals surface area contributed by atoms with Crippen LogP contribution in [0.1, 0.15) is 24.5 Å². The summed E-state index contributed by atoms with van der Waals surface area (Å²) in [4.78, 5) is 17.8. The van der Waals surface area contributed by atoms with Gasteiger partial charge in [0.2, 0.25) is 5.90 Å². The van der Waals surface area contributed by atoms with Crippen LogP contribution in [0.2, 0.25) is 0 Å². The van der Waals surface area contributed by atoms with Crippen LogP contribution >= 0.6 is 15.9 Å². The molecule has 0 radical (unpaired) electrons. The topological polar surface area (TPSA) is 80.2 Å². The molecule has 0 spiro atoms. The number of hydrogen-bond acceptors (Lipinski definition) is 5. The van der Waals surface area contributed by atoms with Gasteiger partial charge in [0, 0.05) is 36.0 Å². The first-order chi connectivity index (χ1) is 15.0. The van der Waals surface area contributed by atoms with E-state index in [4.69, 9.17) is 19.6 Å². The van der Waals surface area contributed by atoms with Gasteiger partial charge in [0.25, 0.3) is 5.91 Å². The van der Waals surface area contributed by atoms with E-state index >= 15 is 0 Å². The first-order valence-electron chi connectivity index (χ1n) is 10.2. The summed E-state index contributed by atoms with van der Waals surface area (Å²) in [5.41, 5.74) is 0.443. The Kier molecular flexibility index (Phi) is 8.03. The number of carbonyl (C=O) groups is 1. The highest BCUT2D eigenvalue weighted by Gasteiger charge is 2.50.